The highest BCUT2D eigenvalue weighted by molar-refractivity contribution is 7.99. The molecule has 0 N–H and O–H groups in total. The molecule has 1 rings (SSSR count). The van der Waals surface area contributed by atoms with Crippen molar-refractivity contribution >= 4 is 29.5 Å². The monoisotopic (exact) mass is 304 g/mol. The van der Waals surface area contributed by atoms with Gasteiger partial charge >= 0.3 is 11.9 Å². The fourth-order valence-corrected chi connectivity index (χ4v) is 3.15. The Labute approximate surface area is 122 Å². The molecule has 7 heteroatoms. The van der Waals surface area contributed by atoms with Gasteiger partial charge in [0, 0.05) is 20.3 Å². The molecule has 0 radical (unpaired) electrons. The summed E-state index contributed by atoms with van der Waals surface area (Å²) in [7, 11) is 0. The molecule has 114 valence electrons. The average molecular weight is 304 g/mol. The van der Waals surface area contributed by atoms with Gasteiger partial charge in [-0.2, -0.15) is 0 Å². The summed E-state index contributed by atoms with van der Waals surface area (Å²) < 4.78 is 15.9. The van der Waals surface area contributed by atoms with E-state index in [1.54, 1.807) is 0 Å². The number of carbonyl (C=O) groups is 3. The van der Waals surface area contributed by atoms with Gasteiger partial charge in [-0.25, -0.2) is 0 Å². The number of ketones is 1. The second-order valence-electron chi connectivity index (χ2n) is 4.68. The highest BCUT2D eigenvalue weighted by atomic mass is 32.2. The highest BCUT2D eigenvalue weighted by Gasteiger charge is 2.43. The predicted molar refractivity (Wildman–Crippen MR) is 73.2 cm³/mol. The van der Waals surface area contributed by atoms with Crippen LogP contribution >= 0.6 is 11.8 Å². The number of ether oxygens (including phenoxy) is 3. The second-order valence-corrected chi connectivity index (χ2v) is 5.62. The molecule has 0 aromatic carbocycles. The Morgan fingerprint density at radius 1 is 1.20 bits per heavy atom. The molecule has 20 heavy (non-hydrogen) atoms. The largest absolute Gasteiger partial charge is 0.463 e. The number of esters is 2. The number of thioether (sulfide) groups is 1. The minimum absolute atomic E-state index is 0.0819. The van der Waals surface area contributed by atoms with Gasteiger partial charge in [0.2, 0.25) is 0 Å². The maximum atomic E-state index is 11.8. The molecule has 1 fully saturated rings. The van der Waals surface area contributed by atoms with Crippen molar-refractivity contribution in [3.8, 4) is 0 Å². The van der Waals surface area contributed by atoms with Crippen molar-refractivity contribution in [3.05, 3.63) is 0 Å². The molecule has 0 aliphatic carbocycles. The third kappa shape index (κ3) is 4.79. The van der Waals surface area contributed by atoms with Crippen molar-refractivity contribution in [2.24, 2.45) is 5.92 Å². The van der Waals surface area contributed by atoms with Crippen LogP contribution in [0.15, 0.2) is 0 Å². The van der Waals surface area contributed by atoms with Crippen molar-refractivity contribution in [1.82, 2.24) is 0 Å². The fourth-order valence-electron chi connectivity index (χ4n) is 2.22. The van der Waals surface area contributed by atoms with Crippen LogP contribution in [0.25, 0.3) is 0 Å². The van der Waals surface area contributed by atoms with E-state index in [9.17, 15) is 14.4 Å². The maximum absolute atomic E-state index is 11.8. The minimum Gasteiger partial charge on any atom is -0.463 e. The van der Waals surface area contributed by atoms with E-state index < -0.39 is 29.4 Å². The van der Waals surface area contributed by atoms with E-state index in [-0.39, 0.29) is 18.5 Å². The van der Waals surface area contributed by atoms with Crippen LogP contribution in [-0.4, -0.2) is 48.2 Å². The van der Waals surface area contributed by atoms with Crippen LogP contribution in [0.1, 0.15) is 27.2 Å². The summed E-state index contributed by atoms with van der Waals surface area (Å²) in [6.45, 7) is 4.17. The lowest BCUT2D eigenvalue weighted by Gasteiger charge is -2.39. The van der Waals surface area contributed by atoms with Crippen molar-refractivity contribution in [2.45, 2.75) is 44.8 Å². The Kier molecular flexibility index (Phi) is 6.48. The van der Waals surface area contributed by atoms with Gasteiger partial charge in [-0.15, -0.1) is 11.8 Å². The van der Waals surface area contributed by atoms with Gasteiger partial charge < -0.3 is 14.2 Å². The quantitative estimate of drug-likeness (QED) is 0.705. The van der Waals surface area contributed by atoms with Crippen LogP contribution in [0.2, 0.25) is 0 Å². The lowest BCUT2D eigenvalue weighted by Crippen LogP contribution is -2.48. The zero-order chi connectivity index (χ0) is 15.3. The Balaban J connectivity index is 2.80. The van der Waals surface area contributed by atoms with Crippen molar-refractivity contribution in [3.63, 3.8) is 0 Å². The van der Waals surface area contributed by atoms with Gasteiger partial charge in [0.05, 0.1) is 12.0 Å². The van der Waals surface area contributed by atoms with Crippen LogP contribution in [-0.2, 0) is 28.6 Å². The summed E-state index contributed by atoms with van der Waals surface area (Å²) >= 11 is 1.38. The number of rotatable bonds is 5. The molecule has 1 aliphatic rings. The lowest BCUT2D eigenvalue weighted by molar-refractivity contribution is -0.174. The first-order valence-corrected chi connectivity index (χ1v) is 7.63. The highest BCUT2D eigenvalue weighted by Crippen LogP contribution is 2.34. The molecule has 0 amide bonds. The molecule has 1 saturated heterocycles. The third-order valence-corrected chi connectivity index (χ3v) is 3.88. The normalized spacial score (nSPS) is 29.6. The van der Waals surface area contributed by atoms with E-state index in [2.05, 4.69) is 0 Å². The minimum atomic E-state index is -0.545. The van der Waals surface area contributed by atoms with Gasteiger partial charge in [-0.05, 0) is 13.2 Å². The number of carbonyl (C=O) groups excluding carboxylic acids is 3. The van der Waals surface area contributed by atoms with Crippen molar-refractivity contribution in [1.29, 1.82) is 0 Å². The third-order valence-electron chi connectivity index (χ3n) is 3.01. The molecule has 0 saturated carbocycles. The molecule has 0 aromatic heterocycles. The maximum Gasteiger partial charge on any atom is 0.302 e. The Morgan fingerprint density at radius 2 is 1.85 bits per heavy atom. The SMILES string of the molecule is CSC1OC(COC(C)=O)CC(OC(C)=O)C1C(C)=O. The number of hydrogen-bond donors (Lipinski definition) is 0. The van der Waals surface area contributed by atoms with Gasteiger partial charge in [0.1, 0.15) is 23.9 Å². The molecule has 4 atom stereocenters. The van der Waals surface area contributed by atoms with E-state index in [0.717, 1.165) is 0 Å². The van der Waals surface area contributed by atoms with Gasteiger partial charge in [0.15, 0.2) is 0 Å². The van der Waals surface area contributed by atoms with Crippen molar-refractivity contribution in [2.75, 3.05) is 12.9 Å². The average Bonchev–Trinajstić information content (AvgIpc) is 2.34. The van der Waals surface area contributed by atoms with Crippen molar-refractivity contribution < 1.29 is 28.6 Å². The predicted octanol–water partition coefficient (Wildman–Crippen LogP) is 1.16. The van der Waals surface area contributed by atoms with E-state index in [1.165, 1.54) is 32.5 Å². The smallest absolute Gasteiger partial charge is 0.302 e. The topological polar surface area (TPSA) is 78.9 Å². The molecular weight excluding hydrogens is 284 g/mol. The Hall–Kier alpha value is -1.08. The molecule has 0 aromatic rings. The summed E-state index contributed by atoms with van der Waals surface area (Å²) in [5.41, 5.74) is -0.411. The van der Waals surface area contributed by atoms with E-state index in [4.69, 9.17) is 14.2 Å². The standard InChI is InChI=1S/C13H20O6S/c1-7(14)12-11(18-9(3)16)5-10(6-17-8(2)15)19-13(12)20-4/h10-13H,5-6H2,1-4H3. The molecule has 1 aliphatic heterocycles. The van der Waals surface area contributed by atoms with Gasteiger partial charge in [0.25, 0.3) is 0 Å². The van der Waals surface area contributed by atoms with Gasteiger partial charge in [-0.3, -0.25) is 14.4 Å². The van der Waals surface area contributed by atoms with Crippen LogP contribution in [0.5, 0.6) is 0 Å². The first-order chi connectivity index (χ1) is 9.35. The molecular formula is C13H20O6S. The first kappa shape index (κ1) is 17.0. The molecule has 4 unspecified atom stereocenters. The lowest BCUT2D eigenvalue weighted by atomic mass is 9.91. The zero-order valence-corrected chi connectivity index (χ0v) is 12.9. The summed E-state index contributed by atoms with van der Waals surface area (Å²) in [6.07, 6.45) is 1.24. The summed E-state index contributed by atoms with van der Waals surface area (Å²) in [5, 5.41) is 0. The van der Waals surface area contributed by atoms with E-state index in [1.807, 2.05) is 6.26 Å². The molecule has 0 bridgehead atoms. The molecule has 0 spiro atoms. The van der Waals surface area contributed by atoms with Crippen LogP contribution in [0.4, 0.5) is 0 Å². The fraction of sp³-hybridized carbons (Fsp3) is 0.769. The number of hydrogen-bond acceptors (Lipinski definition) is 7. The molecule has 1 heterocycles. The van der Waals surface area contributed by atoms with Crippen LogP contribution < -0.4 is 0 Å². The van der Waals surface area contributed by atoms with Crippen LogP contribution in [0, 0.1) is 5.92 Å². The molecule has 6 nitrogen and oxygen atoms in total. The Bertz CT molecular complexity index is 383. The number of Topliss-reactive ketones (excluding diaryl/α,β-unsaturated/α-hetero) is 1. The van der Waals surface area contributed by atoms with E-state index >= 15 is 0 Å². The first-order valence-electron chi connectivity index (χ1n) is 6.34. The van der Waals surface area contributed by atoms with E-state index in [0.29, 0.717) is 6.42 Å². The van der Waals surface area contributed by atoms with Crippen LogP contribution in [0.3, 0.4) is 0 Å². The van der Waals surface area contributed by atoms with Gasteiger partial charge in [-0.1, -0.05) is 0 Å². The Morgan fingerprint density at radius 3 is 2.30 bits per heavy atom. The summed E-state index contributed by atoms with van der Waals surface area (Å²) in [6, 6.07) is 0. The summed E-state index contributed by atoms with van der Waals surface area (Å²) in [5.74, 6) is -1.41. The summed E-state index contributed by atoms with van der Waals surface area (Å²) in [4.78, 5) is 33.8. The zero-order valence-electron chi connectivity index (χ0n) is 12.1. The second kappa shape index (κ2) is 7.64.